The topological polar surface area (TPSA) is 21.3 Å². The molecular formula is C11H13F2NO. The summed E-state index contributed by atoms with van der Waals surface area (Å²) in [5.74, 6) is -0.590. The van der Waals surface area contributed by atoms with Crippen LogP contribution in [0.25, 0.3) is 0 Å². The van der Waals surface area contributed by atoms with Crippen molar-refractivity contribution in [3.8, 4) is 5.75 Å². The van der Waals surface area contributed by atoms with E-state index in [0.717, 1.165) is 37.7 Å². The van der Waals surface area contributed by atoms with Crippen LogP contribution in [-0.4, -0.2) is 19.7 Å². The van der Waals surface area contributed by atoms with Crippen LogP contribution in [0.3, 0.4) is 0 Å². The van der Waals surface area contributed by atoms with Crippen molar-refractivity contribution in [3.63, 3.8) is 0 Å². The first-order valence-electron chi connectivity index (χ1n) is 5.04. The molecule has 15 heavy (non-hydrogen) atoms. The second-order valence-electron chi connectivity index (χ2n) is 3.74. The number of ether oxygens (including phenoxy) is 1. The van der Waals surface area contributed by atoms with Gasteiger partial charge in [0.1, 0.15) is 5.82 Å². The monoisotopic (exact) mass is 213 g/mol. The largest absolute Gasteiger partial charge is 0.490 e. The maximum absolute atomic E-state index is 13.1. The van der Waals surface area contributed by atoms with Gasteiger partial charge in [-0.15, -0.1) is 0 Å². The average molecular weight is 213 g/mol. The lowest BCUT2D eigenvalue weighted by Crippen LogP contribution is -2.15. The fourth-order valence-electron chi connectivity index (χ4n) is 1.65. The van der Waals surface area contributed by atoms with Gasteiger partial charge in [-0.3, -0.25) is 0 Å². The second kappa shape index (κ2) is 4.57. The Morgan fingerprint density at radius 3 is 3.00 bits per heavy atom. The Morgan fingerprint density at radius 1 is 1.40 bits per heavy atom. The molecular weight excluding hydrogens is 200 g/mol. The van der Waals surface area contributed by atoms with Crippen molar-refractivity contribution in [2.45, 2.75) is 6.42 Å². The van der Waals surface area contributed by atoms with Crippen LogP contribution in [0, 0.1) is 17.6 Å². The Bertz CT molecular complexity index is 337. The first kappa shape index (κ1) is 10.4. The summed E-state index contributed by atoms with van der Waals surface area (Å²) in [5.41, 5.74) is 0. The molecule has 1 aliphatic heterocycles. The van der Waals surface area contributed by atoms with Gasteiger partial charge in [-0.25, -0.2) is 8.78 Å². The Balaban J connectivity index is 1.94. The van der Waals surface area contributed by atoms with E-state index in [9.17, 15) is 8.78 Å². The number of halogens is 2. The standard InChI is InChI=1S/C11H13F2NO/c12-9-1-2-10(13)11(5-9)15-7-8-3-4-14-6-8/h1-2,5,8,14H,3-4,6-7H2. The molecule has 0 aromatic heterocycles. The SMILES string of the molecule is Fc1ccc(F)c(OCC2CCNC2)c1. The molecule has 2 nitrogen and oxygen atoms in total. The molecule has 1 heterocycles. The van der Waals surface area contributed by atoms with E-state index in [1.807, 2.05) is 0 Å². The summed E-state index contributed by atoms with van der Waals surface area (Å²) in [7, 11) is 0. The summed E-state index contributed by atoms with van der Waals surface area (Å²) in [5, 5.41) is 3.19. The summed E-state index contributed by atoms with van der Waals surface area (Å²) in [6.07, 6.45) is 1.02. The maximum Gasteiger partial charge on any atom is 0.165 e. The normalized spacial score (nSPS) is 20.5. The zero-order valence-electron chi connectivity index (χ0n) is 8.30. The zero-order chi connectivity index (χ0) is 10.7. The van der Waals surface area contributed by atoms with Crippen LogP contribution < -0.4 is 10.1 Å². The summed E-state index contributed by atoms with van der Waals surface area (Å²) in [4.78, 5) is 0. The average Bonchev–Trinajstić information content (AvgIpc) is 2.72. The summed E-state index contributed by atoms with van der Waals surface area (Å²) in [6.45, 7) is 2.30. The van der Waals surface area contributed by atoms with Gasteiger partial charge in [0.2, 0.25) is 0 Å². The summed E-state index contributed by atoms with van der Waals surface area (Å²) in [6, 6.07) is 3.24. The molecule has 1 unspecified atom stereocenters. The minimum absolute atomic E-state index is 0.00176. The molecule has 0 aliphatic carbocycles. The molecule has 1 aromatic rings. The molecule has 2 rings (SSSR count). The van der Waals surface area contributed by atoms with E-state index in [1.165, 1.54) is 0 Å². The molecule has 0 radical (unpaired) electrons. The zero-order valence-corrected chi connectivity index (χ0v) is 8.30. The Morgan fingerprint density at radius 2 is 2.27 bits per heavy atom. The van der Waals surface area contributed by atoms with E-state index in [4.69, 9.17) is 4.74 Å². The molecule has 1 saturated heterocycles. The van der Waals surface area contributed by atoms with Crippen molar-refractivity contribution in [3.05, 3.63) is 29.8 Å². The van der Waals surface area contributed by atoms with Crippen LogP contribution >= 0.6 is 0 Å². The minimum Gasteiger partial charge on any atom is -0.490 e. The number of benzene rings is 1. The molecule has 0 saturated carbocycles. The van der Waals surface area contributed by atoms with E-state index in [-0.39, 0.29) is 5.75 Å². The molecule has 0 bridgehead atoms. The molecule has 0 amide bonds. The lowest BCUT2D eigenvalue weighted by Gasteiger charge is -2.11. The van der Waals surface area contributed by atoms with E-state index >= 15 is 0 Å². The predicted octanol–water partition coefficient (Wildman–Crippen LogP) is 1.95. The Labute approximate surface area is 87.2 Å². The fourth-order valence-corrected chi connectivity index (χ4v) is 1.65. The third-order valence-corrected chi connectivity index (χ3v) is 2.53. The van der Waals surface area contributed by atoms with Crippen molar-refractivity contribution in [2.24, 2.45) is 5.92 Å². The molecule has 1 aliphatic rings. The molecule has 1 atom stereocenters. The van der Waals surface area contributed by atoms with Gasteiger partial charge in [-0.05, 0) is 25.1 Å². The third-order valence-electron chi connectivity index (χ3n) is 2.53. The lowest BCUT2D eigenvalue weighted by molar-refractivity contribution is 0.248. The highest BCUT2D eigenvalue weighted by molar-refractivity contribution is 5.24. The highest BCUT2D eigenvalue weighted by Gasteiger charge is 2.15. The quantitative estimate of drug-likeness (QED) is 0.828. The van der Waals surface area contributed by atoms with Crippen molar-refractivity contribution in [1.29, 1.82) is 0 Å². The van der Waals surface area contributed by atoms with Crippen LogP contribution in [-0.2, 0) is 0 Å². The fraction of sp³-hybridized carbons (Fsp3) is 0.455. The van der Waals surface area contributed by atoms with Gasteiger partial charge in [0.15, 0.2) is 11.6 Å². The van der Waals surface area contributed by atoms with Crippen LogP contribution in [0.15, 0.2) is 18.2 Å². The van der Waals surface area contributed by atoms with Gasteiger partial charge < -0.3 is 10.1 Å². The van der Waals surface area contributed by atoms with E-state index in [2.05, 4.69) is 5.32 Å². The number of hydrogen-bond acceptors (Lipinski definition) is 2. The molecule has 1 fully saturated rings. The smallest absolute Gasteiger partial charge is 0.165 e. The van der Waals surface area contributed by atoms with Crippen molar-refractivity contribution in [1.82, 2.24) is 5.32 Å². The van der Waals surface area contributed by atoms with Crippen LogP contribution in [0.4, 0.5) is 8.78 Å². The van der Waals surface area contributed by atoms with Gasteiger partial charge in [0.05, 0.1) is 6.61 Å². The van der Waals surface area contributed by atoms with Crippen LogP contribution in [0.1, 0.15) is 6.42 Å². The molecule has 1 aromatic carbocycles. The van der Waals surface area contributed by atoms with Crippen LogP contribution in [0.2, 0.25) is 0 Å². The van der Waals surface area contributed by atoms with Crippen molar-refractivity contribution in [2.75, 3.05) is 19.7 Å². The van der Waals surface area contributed by atoms with Gasteiger partial charge in [-0.1, -0.05) is 0 Å². The third kappa shape index (κ3) is 2.65. The van der Waals surface area contributed by atoms with Gasteiger partial charge in [0.25, 0.3) is 0 Å². The first-order valence-corrected chi connectivity index (χ1v) is 5.04. The number of nitrogens with one attached hydrogen (secondary N) is 1. The van der Waals surface area contributed by atoms with Gasteiger partial charge in [0, 0.05) is 18.5 Å². The molecule has 82 valence electrons. The second-order valence-corrected chi connectivity index (χ2v) is 3.74. The molecule has 1 N–H and O–H groups in total. The predicted molar refractivity (Wildman–Crippen MR) is 52.8 cm³/mol. The summed E-state index contributed by atoms with van der Waals surface area (Å²) < 4.78 is 31.2. The van der Waals surface area contributed by atoms with E-state index in [1.54, 1.807) is 0 Å². The Hall–Kier alpha value is -1.16. The lowest BCUT2D eigenvalue weighted by atomic mass is 10.1. The molecule has 0 spiro atoms. The van der Waals surface area contributed by atoms with Gasteiger partial charge >= 0.3 is 0 Å². The van der Waals surface area contributed by atoms with Crippen molar-refractivity contribution < 1.29 is 13.5 Å². The minimum atomic E-state index is -0.512. The van der Waals surface area contributed by atoms with E-state index in [0.29, 0.717) is 12.5 Å². The highest BCUT2D eigenvalue weighted by Crippen LogP contribution is 2.19. The van der Waals surface area contributed by atoms with Crippen LogP contribution in [0.5, 0.6) is 5.75 Å². The maximum atomic E-state index is 13.1. The molecule has 4 heteroatoms. The van der Waals surface area contributed by atoms with Gasteiger partial charge in [-0.2, -0.15) is 0 Å². The number of hydrogen-bond donors (Lipinski definition) is 1. The Kier molecular flexibility index (Phi) is 3.16. The first-order chi connectivity index (χ1) is 7.25. The van der Waals surface area contributed by atoms with Crippen molar-refractivity contribution >= 4 is 0 Å². The number of rotatable bonds is 3. The highest BCUT2D eigenvalue weighted by atomic mass is 19.1. The summed E-state index contributed by atoms with van der Waals surface area (Å²) >= 11 is 0. The van der Waals surface area contributed by atoms with E-state index < -0.39 is 11.6 Å².